The number of anilines is 2. The summed E-state index contributed by atoms with van der Waals surface area (Å²) in [6, 6.07) is 7.98. The van der Waals surface area contributed by atoms with Crippen LogP contribution in [0, 0.1) is 23.2 Å². The molecule has 1 aromatic carbocycles. The molecular weight excluding hydrogens is 210 g/mol. The molecule has 0 spiro atoms. The van der Waals surface area contributed by atoms with Crippen LogP contribution in [0.3, 0.4) is 0 Å². The van der Waals surface area contributed by atoms with Crippen LogP contribution in [-0.4, -0.2) is 6.54 Å². The summed E-state index contributed by atoms with van der Waals surface area (Å²) in [6.07, 6.45) is 3.13. The van der Waals surface area contributed by atoms with Gasteiger partial charge in [-0.1, -0.05) is 6.92 Å². The van der Waals surface area contributed by atoms with Gasteiger partial charge in [-0.2, -0.15) is 5.26 Å². The molecule has 0 radical (unpaired) electrons. The van der Waals surface area contributed by atoms with Crippen molar-refractivity contribution in [2.45, 2.75) is 26.2 Å². The van der Waals surface area contributed by atoms with Gasteiger partial charge in [-0.3, -0.25) is 0 Å². The molecule has 1 aromatic rings. The number of rotatable bonds is 5. The van der Waals surface area contributed by atoms with Crippen molar-refractivity contribution in [1.29, 1.82) is 5.26 Å². The fraction of sp³-hybridized carbons (Fsp3) is 0.500. The van der Waals surface area contributed by atoms with Gasteiger partial charge in [-0.15, -0.1) is 0 Å². The highest BCUT2D eigenvalue weighted by molar-refractivity contribution is 5.58. The van der Waals surface area contributed by atoms with Crippen molar-refractivity contribution in [3.63, 3.8) is 0 Å². The standard InChI is InChI=1S/C14H19N3/c1-10(11-2-3-11)9-17-13-4-5-14(16)12(8-13)6-7-15/h4-5,8,10-11,17H,2-3,6,9,16H2,1H3. The highest BCUT2D eigenvalue weighted by Crippen LogP contribution is 2.36. The SMILES string of the molecule is CC(CNc1ccc(N)c(CC#N)c1)C1CC1. The van der Waals surface area contributed by atoms with Crippen molar-refractivity contribution in [2.75, 3.05) is 17.6 Å². The monoisotopic (exact) mass is 229 g/mol. The van der Waals surface area contributed by atoms with Crippen LogP contribution < -0.4 is 11.1 Å². The van der Waals surface area contributed by atoms with E-state index in [1.54, 1.807) is 0 Å². The summed E-state index contributed by atoms with van der Waals surface area (Å²) in [6.45, 7) is 3.29. The normalized spacial score (nSPS) is 16.2. The molecule has 1 aliphatic carbocycles. The van der Waals surface area contributed by atoms with Crippen LogP contribution in [0.25, 0.3) is 0 Å². The highest BCUT2D eigenvalue weighted by Gasteiger charge is 2.27. The molecule has 1 saturated carbocycles. The molecule has 0 heterocycles. The predicted molar refractivity (Wildman–Crippen MR) is 70.5 cm³/mol. The predicted octanol–water partition coefficient (Wildman–Crippen LogP) is 2.79. The largest absolute Gasteiger partial charge is 0.398 e. The molecule has 0 saturated heterocycles. The first-order valence-electron chi connectivity index (χ1n) is 6.20. The lowest BCUT2D eigenvalue weighted by Gasteiger charge is -2.13. The minimum absolute atomic E-state index is 0.375. The third kappa shape index (κ3) is 3.13. The van der Waals surface area contributed by atoms with Crippen molar-refractivity contribution in [3.8, 4) is 6.07 Å². The maximum Gasteiger partial charge on any atom is 0.0670 e. The van der Waals surface area contributed by atoms with Crippen LogP contribution in [0.4, 0.5) is 11.4 Å². The number of hydrogen-bond acceptors (Lipinski definition) is 3. The Balaban J connectivity index is 1.95. The Morgan fingerprint density at radius 2 is 2.29 bits per heavy atom. The summed E-state index contributed by atoms with van der Waals surface area (Å²) in [5, 5.41) is 12.1. The topological polar surface area (TPSA) is 61.8 Å². The Morgan fingerprint density at radius 3 is 2.94 bits per heavy atom. The maximum atomic E-state index is 8.71. The van der Waals surface area contributed by atoms with Crippen molar-refractivity contribution in [3.05, 3.63) is 23.8 Å². The van der Waals surface area contributed by atoms with Gasteiger partial charge in [0.05, 0.1) is 12.5 Å². The number of benzene rings is 1. The number of nitrogens with two attached hydrogens (primary N) is 1. The quantitative estimate of drug-likeness (QED) is 0.763. The van der Waals surface area contributed by atoms with Crippen LogP contribution >= 0.6 is 0 Å². The lowest BCUT2D eigenvalue weighted by atomic mass is 10.1. The summed E-state index contributed by atoms with van der Waals surface area (Å²) in [5.41, 5.74) is 8.49. The van der Waals surface area contributed by atoms with E-state index in [-0.39, 0.29) is 0 Å². The van der Waals surface area contributed by atoms with Crippen LogP contribution in [0.15, 0.2) is 18.2 Å². The molecule has 0 amide bonds. The lowest BCUT2D eigenvalue weighted by molar-refractivity contribution is 0.536. The summed E-state index contributed by atoms with van der Waals surface area (Å²) >= 11 is 0. The van der Waals surface area contributed by atoms with Crippen LogP contribution in [0.5, 0.6) is 0 Å². The van der Waals surface area contributed by atoms with E-state index in [2.05, 4.69) is 18.3 Å². The molecular formula is C14H19N3. The Morgan fingerprint density at radius 1 is 1.53 bits per heavy atom. The van der Waals surface area contributed by atoms with Gasteiger partial charge in [0.25, 0.3) is 0 Å². The lowest BCUT2D eigenvalue weighted by Crippen LogP contribution is -2.13. The summed E-state index contributed by atoms with van der Waals surface area (Å²) in [4.78, 5) is 0. The fourth-order valence-corrected chi connectivity index (χ4v) is 2.06. The first kappa shape index (κ1) is 11.8. The maximum absolute atomic E-state index is 8.71. The average molecular weight is 229 g/mol. The molecule has 3 heteroatoms. The minimum atomic E-state index is 0.375. The van der Waals surface area contributed by atoms with Gasteiger partial charge in [0, 0.05) is 17.9 Å². The van der Waals surface area contributed by atoms with Gasteiger partial charge < -0.3 is 11.1 Å². The molecule has 0 aromatic heterocycles. The first-order valence-corrected chi connectivity index (χ1v) is 6.20. The summed E-state index contributed by atoms with van der Waals surface area (Å²) in [5.74, 6) is 1.64. The van der Waals surface area contributed by atoms with E-state index in [4.69, 9.17) is 11.0 Å². The van der Waals surface area contributed by atoms with Gasteiger partial charge in [0.2, 0.25) is 0 Å². The zero-order valence-electron chi connectivity index (χ0n) is 10.2. The summed E-state index contributed by atoms with van der Waals surface area (Å²) < 4.78 is 0. The number of hydrogen-bond donors (Lipinski definition) is 2. The molecule has 1 fully saturated rings. The average Bonchev–Trinajstić information content (AvgIpc) is 3.14. The van der Waals surface area contributed by atoms with E-state index in [1.165, 1.54) is 12.8 Å². The van der Waals surface area contributed by atoms with E-state index in [0.717, 1.165) is 29.6 Å². The Kier molecular flexibility index (Phi) is 3.53. The second kappa shape index (κ2) is 5.09. The van der Waals surface area contributed by atoms with Gasteiger partial charge >= 0.3 is 0 Å². The molecule has 90 valence electrons. The molecule has 3 N–H and O–H groups in total. The van der Waals surface area contributed by atoms with E-state index < -0.39 is 0 Å². The van der Waals surface area contributed by atoms with E-state index in [0.29, 0.717) is 12.1 Å². The number of nitrogens with one attached hydrogen (secondary N) is 1. The summed E-state index contributed by atoms with van der Waals surface area (Å²) in [7, 11) is 0. The van der Waals surface area contributed by atoms with Crippen LogP contribution in [0.1, 0.15) is 25.3 Å². The second-order valence-corrected chi connectivity index (χ2v) is 4.94. The minimum Gasteiger partial charge on any atom is -0.398 e. The molecule has 17 heavy (non-hydrogen) atoms. The molecule has 0 bridgehead atoms. The fourth-order valence-electron chi connectivity index (χ4n) is 2.06. The molecule has 1 atom stereocenters. The van der Waals surface area contributed by atoms with Gasteiger partial charge in [0.1, 0.15) is 0 Å². The van der Waals surface area contributed by atoms with E-state index in [1.807, 2.05) is 18.2 Å². The van der Waals surface area contributed by atoms with E-state index >= 15 is 0 Å². The molecule has 1 aliphatic rings. The molecule has 1 unspecified atom stereocenters. The smallest absolute Gasteiger partial charge is 0.0670 e. The molecule has 2 rings (SSSR count). The van der Waals surface area contributed by atoms with Crippen LogP contribution in [0.2, 0.25) is 0 Å². The van der Waals surface area contributed by atoms with Gasteiger partial charge in [-0.25, -0.2) is 0 Å². The third-order valence-electron chi connectivity index (χ3n) is 3.47. The Hall–Kier alpha value is -1.69. The zero-order chi connectivity index (χ0) is 12.3. The number of nitriles is 1. The zero-order valence-corrected chi connectivity index (χ0v) is 10.2. The van der Waals surface area contributed by atoms with Crippen molar-refractivity contribution >= 4 is 11.4 Å². The molecule has 3 nitrogen and oxygen atoms in total. The second-order valence-electron chi connectivity index (χ2n) is 4.94. The third-order valence-corrected chi connectivity index (χ3v) is 3.47. The number of nitrogen functional groups attached to an aromatic ring is 1. The van der Waals surface area contributed by atoms with Crippen molar-refractivity contribution in [2.24, 2.45) is 11.8 Å². The Bertz CT molecular complexity index is 430. The van der Waals surface area contributed by atoms with Crippen molar-refractivity contribution in [1.82, 2.24) is 0 Å². The molecule has 0 aliphatic heterocycles. The van der Waals surface area contributed by atoms with Crippen molar-refractivity contribution < 1.29 is 0 Å². The number of nitrogens with zero attached hydrogens (tertiary/aromatic N) is 1. The van der Waals surface area contributed by atoms with Gasteiger partial charge in [0.15, 0.2) is 0 Å². The van der Waals surface area contributed by atoms with Crippen LogP contribution in [-0.2, 0) is 6.42 Å². The highest BCUT2D eigenvalue weighted by atomic mass is 14.9. The van der Waals surface area contributed by atoms with E-state index in [9.17, 15) is 0 Å². The first-order chi connectivity index (χ1) is 8.20. The Labute approximate surface area is 103 Å². The van der Waals surface area contributed by atoms with Gasteiger partial charge in [-0.05, 0) is 48.4 Å².